The quantitative estimate of drug-likeness (QED) is 0.630. The van der Waals surface area contributed by atoms with E-state index in [0.717, 1.165) is 15.3 Å². The lowest BCUT2D eigenvalue weighted by molar-refractivity contribution is 0.438. The average Bonchev–Trinajstić information content (AvgIpc) is 2.52. The smallest absolute Gasteiger partial charge is 0.0931 e. The summed E-state index contributed by atoms with van der Waals surface area (Å²) in [5.41, 5.74) is 0. The fourth-order valence-electron chi connectivity index (χ4n) is 1.15. The van der Waals surface area contributed by atoms with Gasteiger partial charge in [-0.15, -0.1) is 11.3 Å². The molecule has 80 valence electrons. The van der Waals surface area contributed by atoms with Crippen LogP contribution in [0.5, 0.6) is 0 Å². The molecule has 1 N–H and O–H groups in total. The van der Waals surface area contributed by atoms with Crippen molar-refractivity contribution in [3.63, 3.8) is 0 Å². The number of alkyl halides is 1. The molecule has 0 amide bonds. The van der Waals surface area contributed by atoms with Crippen molar-refractivity contribution in [3.05, 3.63) is 21.3 Å². The highest BCUT2D eigenvalue weighted by Gasteiger charge is 2.10. The number of halogens is 2. The van der Waals surface area contributed by atoms with Crippen molar-refractivity contribution in [3.8, 4) is 0 Å². The summed E-state index contributed by atoms with van der Waals surface area (Å²) >= 11 is 9.94. The number of nitrogens with one attached hydrogen (secondary N) is 1. The van der Waals surface area contributed by atoms with Gasteiger partial charge in [0.15, 0.2) is 0 Å². The zero-order chi connectivity index (χ0) is 10.6. The van der Waals surface area contributed by atoms with Gasteiger partial charge in [-0.2, -0.15) is 0 Å². The summed E-state index contributed by atoms with van der Waals surface area (Å²) in [5.74, 6) is 0.683. The first kappa shape index (κ1) is 12.7. The third-order valence-electron chi connectivity index (χ3n) is 2.14. The monoisotopic (exact) mass is 343 g/mol. The van der Waals surface area contributed by atoms with Crippen molar-refractivity contribution < 1.29 is 0 Å². The molecule has 1 aromatic heterocycles. The van der Waals surface area contributed by atoms with Crippen LogP contribution in [0.1, 0.15) is 18.7 Å². The summed E-state index contributed by atoms with van der Waals surface area (Å²) in [5, 5.41) is 3.54. The second-order valence-corrected chi connectivity index (χ2v) is 6.27. The normalized spacial score (nSPS) is 13.5. The molecule has 0 aliphatic rings. The van der Waals surface area contributed by atoms with Crippen LogP contribution < -0.4 is 5.32 Å². The number of thiophene rings is 1. The van der Waals surface area contributed by atoms with Crippen molar-refractivity contribution in [1.29, 1.82) is 0 Å². The van der Waals surface area contributed by atoms with Gasteiger partial charge < -0.3 is 5.32 Å². The van der Waals surface area contributed by atoms with Crippen molar-refractivity contribution >= 4 is 45.5 Å². The van der Waals surface area contributed by atoms with Gasteiger partial charge in [-0.05, 0) is 18.1 Å². The van der Waals surface area contributed by atoms with Gasteiger partial charge in [0.05, 0.1) is 4.34 Å². The average molecular weight is 344 g/mol. The van der Waals surface area contributed by atoms with Gasteiger partial charge in [-0.25, -0.2) is 0 Å². The molecular weight excluding hydrogens is 329 g/mol. The first-order valence-corrected chi connectivity index (χ1v) is 7.39. The fraction of sp³-hybridized carbons (Fsp3) is 0.600. The van der Waals surface area contributed by atoms with Crippen LogP contribution in [0.2, 0.25) is 4.34 Å². The largest absolute Gasteiger partial charge is 0.308 e. The summed E-state index contributed by atoms with van der Waals surface area (Å²) in [6.07, 6.45) is 0. The van der Waals surface area contributed by atoms with Crippen LogP contribution in [-0.4, -0.2) is 10.5 Å². The van der Waals surface area contributed by atoms with Crippen molar-refractivity contribution in [1.82, 2.24) is 5.32 Å². The van der Waals surface area contributed by atoms with Gasteiger partial charge in [0.2, 0.25) is 0 Å². The number of hydrogen-bond donors (Lipinski definition) is 1. The van der Waals surface area contributed by atoms with Crippen LogP contribution >= 0.6 is 45.5 Å². The highest BCUT2D eigenvalue weighted by molar-refractivity contribution is 14.1. The van der Waals surface area contributed by atoms with E-state index in [2.05, 4.69) is 47.8 Å². The van der Waals surface area contributed by atoms with Gasteiger partial charge in [-0.3, -0.25) is 0 Å². The minimum absolute atomic E-state index is 0.594. The predicted octanol–water partition coefficient (Wildman–Crippen LogP) is 3.95. The van der Waals surface area contributed by atoms with E-state index in [1.807, 2.05) is 6.07 Å². The van der Waals surface area contributed by atoms with Gasteiger partial charge in [0.25, 0.3) is 0 Å². The maximum Gasteiger partial charge on any atom is 0.0931 e. The van der Waals surface area contributed by atoms with Crippen molar-refractivity contribution in [2.24, 2.45) is 5.92 Å². The molecule has 1 atom stereocenters. The minimum Gasteiger partial charge on any atom is -0.308 e. The summed E-state index contributed by atoms with van der Waals surface area (Å²) in [6, 6.07) is 4.64. The zero-order valence-electron chi connectivity index (χ0n) is 8.39. The molecule has 14 heavy (non-hydrogen) atoms. The van der Waals surface area contributed by atoms with Crippen molar-refractivity contribution in [2.45, 2.75) is 26.4 Å². The Morgan fingerprint density at radius 3 is 2.64 bits per heavy atom. The SMILES string of the molecule is CC(C)C(CI)NCc1ccc(Cl)s1. The molecule has 1 aromatic rings. The number of rotatable bonds is 5. The van der Waals surface area contributed by atoms with Gasteiger partial charge in [0, 0.05) is 21.9 Å². The Morgan fingerprint density at radius 1 is 1.50 bits per heavy atom. The number of hydrogen-bond acceptors (Lipinski definition) is 2. The molecule has 0 aromatic carbocycles. The molecule has 1 unspecified atom stereocenters. The Bertz CT molecular complexity index is 275. The van der Waals surface area contributed by atoms with E-state index >= 15 is 0 Å². The minimum atomic E-state index is 0.594. The lowest BCUT2D eigenvalue weighted by Gasteiger charge is -2.19. The molecule has 0 fully saturated rings. The summed E-state index contributed by atoms with van der Waals surface area (Å²) in [7, 11) is 0. The Morgan fingerprint density at radius 2 is 2.21 bits per heavy atom. The summed E-state index contributed by atoms with van der Waals surface area (Å²) in [6.45, 7) is 5.43. The summed E-state index contributed by atoms with van der Waals surface area (Å²) < 4.78 is 2.02. The van der Waals surface area contributed by atoms with E-state index in [-0.39, 0.29) is 0 Å². The van der Waals surface area contributed by atoms with E-state index in [4.69, 9.17) is 11.6 Å². The first-order chi connectivity index (χ1) is 6.63. The van der Waals surface area contributed by atoms with Crippen LogP contribution in [0.3, 0.4) is 0 Å². The maximum atomic E-state index is 5.86. The van der Waals surface area contributed by atoms with E-state index in [0.29, 0.717) is 12.0 Å². The molecule has 0 aliphatic heterocycles. The molecule has 4 heteroatoms. The highest BCUT2D eigenvalue weighted by atomic mass is 127. The Balaban J connectivity index is 2.39. The lowest BCUT2D eigenvalue weighted by Crippen LogP contribution is -2.34. The molecule has 1 nitrogen and oxygen atoms in total. The van der Waals surface area contributed by atoms with Crippen molar-refractivity contribution in [2.75, 3.05) is 4.43 Å². The van der Waals surface area contributed by atoms with Gasteiger partial charge in [0.1, 0.15) is 0 Å². The maximum absolute atomic E-state index is 5.86. The molecule has 0 radical (unpaired) electrons. The van der Waals surface area contributed by atoms with Gasteiger partial charge >= 0.3 is 0 Å². The van der Waals surface area contributed by atoms with Crippen LogP contribution in [0.4, 0.5) is 0 Å². The molecule has 0 bridgehead atoms. The highest BCUT2D eigenvalue weighted by Crippen LogP contribution is 2.21. The zero-order valence-corrected chi connectivity index (χ0v) is 12.1. The van der Waals surface area contributed by atoms with Crippen LogP contribution in [0, 0.1) is 5.92 Å². The molecule has 1 heterocycles. The van der Waals surface area contributed by atoms with E-state index < -0.39 is 0 Å². The van der Waals surface area contributed by atoms with Gasteiger partial charge in [-0.1, -0.05) is 48.0 Å². The third-order valence-corrected chi connectivity index (χ3v) is 4.32. The lowest BCUT2D eigenvalue weighted by atomic mass is 10.1. The van der Waals surface area contributed by atoms with Crippen LogP contribution in [0.25, 0.3) is 0 Å². The Kier molecular flexibility index (Phi) is 5.74. The van der Waals surface area contributed by atoms with E-state index in [1.165, 1.54) is 4.88 Å². The molecule has 0 spiro atoms. The molecular formula is C10H15ClINS. The second-order valence-electron chi connectivity index (χ2n) is 3.59. The molecule has 0 saturated carbocycles. The van der Waals surface area contributed by atoms with E-state index in [9.17, 15) is 0 Å². The summed E-state index contributed by atoms with van der Waals surface area (Å²) in [4.78, 5) is 1.31. The third kappa shape index (κ3) is 4.04. The molecule has 0 aliphatic carbocycles. The molecule has 1 rings (SSSR count). The standard InChI is InChI=1S/C10H15ClINS/c1-7(2)9(5-12)13-6-8-3-4-10(11)14-8/h3-4,7,9,13H,5-6H2,1-2H3. The van der Waals surface area contributed by atoms with E-state index in [1.54, 1.807) is 11.3 Å². The first-order valence-electron chi connectivity index (χ1n) is 4.67. The Hall–Kier alpha value is 0.680. The van der Waals surface area contributed by atoms with Crippen LogP contribution in [-0.2, 0) is 6.54 Å². The van der Waals surface area contributed by atoms with Crippen LogP contribution in [0.15, 0.2) is 12.1 Å². The Labute approximate surface area is 108 Å². The topological polar surface area (TPSA) is 12.0 Å². The predicted molar refractivity (Wildman–Crippen MR) is 73.7 cm³/mol. The second kappa shape index (κ2) is 6.30. The fourth-order valence-corrected chi connectivity index (χ4v) is 3.51. The molecule has 0 saturated heterocycles.